The van der Waals surface area contributed by atoms with Gasteiger partial charge >= 0.3 is 0 Å². The summed E-state index contributed by atoms with van der Waals surface area (Å²) >= 11 is 3.57. The molecule has 1 aliphatic carbocycles. The molecular weight excluding hydrogens is 424 g/mol. The van der Waals surface area contributed by atoms with Gasteiger partial charge < -0.3 is 19.6 Å². The fourth-order valence-corrected chi connectivity index (χ4v) is 7.23. The molecule has 3 aliphatic rings. The van der Waals surface area contributed by atoms with Gasteiger partial charge in [0.25, 0.3) is 0 Å². The van der Waals surface area contributed by atoms with E-state index in [1.807, 2.05) is 0 Å². The molecule has 2 aromatic rings. The molecule has 5 rings (SSSR count). The molecule has 6 heteroatoms. The van der Waals surface area contributed by atoms with Crippen molar-refractivity contribution < 1.29 is 9.84 Å². The summed E-state index contributed by atoms with van der Waals surface area (Å²) in [6, 6.07) is 17.0. The molecule has 2 aromatic carbocycles. The summed E-state index contributed by atoms with van der Waals surface area (Å²) in [5, 5.41) is 13.5. The summed E-state index contributed by atoms with van der Waals surface area (Å²) < 4.78 is 5.89. The monoisotopic (exact) mass is 452 g/mol. The molecule has 2 atom stereocenters. The van der Waals surface area contributed by atoms with Gasteiger partial charge in [0.1, 0.15) is 0 Å². The third kappa shape index (κ3) is 3.50. The van der Waals surface area contributed by atoms with E-state index in [0.29, 0.717) is 0 Å². The molecule has 0 amide bonds. The average molecular weight is 453 g/mol. The number of rotatable bonds is 5. The molecule has 1 N–H and O–H groups in total. The number of hydrogen-bond acceptors (Lipinski definition) is 6. The molecule has 1 saturated carbocycles. The van der Waals surface area contributed by atoms with Crippen molar-refractivity contribution in [2.75, 3.05) is 30.0 Å². The first-order chi connectivity index (χ1) is 15.2. The van der Waals surface area contributed by atoms with Crippen molar-refractivity contribution in [1.82, 2.24) is 0 Å². The fourth-order valence-electron chi connectivity index (χ4n) is 4.79. The van der Waals surface area contributed by atoms with E-state index in [9.17, 15) is 5.11 Å². The van der Waals surface area contributed by atoms with Crippen LogP contribution in [-0.2, 0) is 4.74 Å². The van der Waals surface area contributed by atoms with Crippen LogP contribution in [0.5, 0.6) is 0 Å². The maximum absolute atomic E-state index is 11.1. The lowest BCUT2D eigenvalue weighted by Gasteiger charge is -2.46. The zero-order chi connectivity index (χ0) is 21.5. The minimum atomic E-state index is -0.448. The van der Waals surface area contributed by atoms with Crippen LogP contribution in [-0.4, -0.2) is 37.5 Å². The van der Waals surface area contributed by atoms with Crippen LogP contribution >= 0.6 is 23.5 Å². The van der Waals surface area contributed by atoms with Gasteiger partial charge in [-0.3, -0.25) is 0 Å². The summed E-state index contributed by atoms with van der Waals surface area (Å²) in [6.07, 6.45) is 3.96. The minimum absolute atomic E-state index is 0.0124. The number of para-hydroxylation sites is 2. The van der Waals surface area contributed by atoms with Crippen molar-refractivity contribution in [3.8, 4) is 0 Å². The molecule has 0 saturated heterocycles. The van der Waals surface area contributed by atoms with Gasteiger partial charge in [0.05, 0.1) is 33.6 Å². The quantitative estimate of drug-likeness (QED) is 0.640. The van der Waals surface area contributed by atoms with Gasteiger partial charge in [-0.1, -0.05) is 47.8 Å². The first-order valence-corrected chi connectivity index (χ1v) is 12.5. The Balaban J connectivity index is 1.38. The number of fused-ring (bicyclic) bond motifs is 2. The first-order valence-electron chi connectivity index (χ1n) is 10.9. The van der Waals surface area contributed by atoms with Crippen LogP contribution in [0.15, 0.2) is 80.5 Å². The van der Waals surface area contributed by atoms with Crippen molar-refractivity contribution in [3.63, 3.8) is 0 Å². The van der Waals surface area contributed by atoms with E-state index >= 15 is 0 Å². The second kappa shape index (κ2) is 8.58. The van der Waals surface area contributed by atoms with Crippen LogP contribution in [0.3, 0.4) is 0 Å². The second-order valence-corrected chi connectivity index (χ2v) is 10.1. The molecule has 2 aliphatic heterocycles. The van der Waals surface area contributed by atoms with Crippen molar-refractivity contribution in [2.24, 2.45) is 11.8 Å². The van der Waals surface area contributed by atoms with E-state index in [2.05, 4.69) is 84.3 Å². The largest absolute Gasteiger partial charge is 0.392 e. The van der Waals surface area contributed by atoms with Crippen molar-refractivity contribution in [3.05, 3.63) is 70.7 Å². The maximum atomic E-state index is 11.1. The van der Waals surface area contributed by atoms with Crippen LogP contribution in [0.1, 0.15) is 13.8 Å². The predicted molar refractivity (Wildman–Crippen MR) is 131 cm³/mol. The average Bonchev–Trinajstić information content (AvgIpc) is 3.34. The van der Waals surface area contributed by atoms with Gasteiger partial charge in [0, 0.05) is 41.8 Å². The number of anilines is 2. The highest BCUT2D eigenvalue weighted by Gasteiger charge is 2.49. The van der Waals surface area contributed by atoms with Crippen molar-refractivity contribution in [2.45, 2.75) is 35.8 Å². The van der Waals surface area contributed by atoms with Gasteiger partial charge in [-0.2, -0.15) is 0 Å². The molecule has 1 fully saturated rings. The number of hydrogen-bond donors (Lipinski definition) is 1. The van der Waals surface area contributed by atoms with Gasteiger partial charge in [-0.25, -0.2) is 0 Å². The number of aliphatic hydroxyl groups is 1. The lowest BCUT2D eigenvalue weighted by atomic mass is 9.68. The summed E-state index contributed by atoms with van der Waals surface area (Å²) in [5.74, 6) is -0.0249. The molecule has 0 spiro atoms. The molecule has 0 aromatic heterocycles. The number of benzene rings is 2. The molecule has 31 heavy (non-hydrogen) atoms. The number of methoxy groups -OCH3 is 1. The highest BCUT2D eigenvalue weighted by molar-refractivity contribution is 8.04. The molecular formula is C25H28N2O2S2. The van der Waals surface area contributed by atoms with Crippen LogP contribution in [0, 0.1) is 11.8 Å². The van der Waals surface area contributed by atoms with Gasteiger partial charge in [0.2, 0.25) is 0 Å². The Kier molecular flexibility index (Phi) is 5.82. The van der Waals surface area contributed by atoms with Gasteiger partial charge in [-0.05, 0) is 50.3 Å². The van der Waals surface area contributed by atoms with E-state index in [-0.39, 0.29) is 17.9 Å². The molecule has 162 valence electrons. The third-order valence-electron chi connectivity index (χ3n) is 6.40. The number of aliphatic hydroxyl groups excluding tert-OH is 1. The van der Waals surface area contributed by atoms with Crippen LogP contribution in [0.25, 0.3) is 0 Å². The normalized spacial score (nSPS) is 29.4. The van der Waals surface area contributed by atoms with Gasteiger partial charge in [0.15, 0.2) is 0 Å². The molecule has 4 nitrogen and oxygen atoms in total. The third-order valence-corrected chi connectivity index (χ3v) is 8.66. The van der Waals surface area contributed by atoms with Crippen molar-refractivity contribution >= 4 is 34.9 Å². The first kappa shape index (κ1) is 21.0. The van der Waals surface area contributed by atoms with E-state index in [4.69, 9.17) is 4.74 Å². The molecule has 2 unspecified atom stereocenters. The van der Waals surface area contributed by atoms with E-state index in [1.54, 1.807) is 30.6 Å². The summed E-state index contributed by atoms with van der Waals surface area (Å²) in [7, 11) is 1.76. The smallest absolute Gasteiger partial charge is 0.0765 e. The topological polar surface area (TPSA) is 35.9 Å². The highest BCUT2D eigenvalue weighted by atomic mass is 32.2. The molecule has 2 heterocycles. The number of nitrogens with zero attached hydrogens (tertiary/aromatic N) is 2. The zero-order valence-corrected chi connectivity index (χ0v) is 19.7. The lowest BCUT2D eigenvalue weighted by molar-refractivity contribution is -0.128. The summed E-state index contributed by atoms with van der Waals surface area (Å²) in [6.45, 7) is 6.15. The van der Waals surface area contributed by atoms with Crippen LogP contribution in [0.2, 0.25) is 0 Å². The Morgan fingerprint density at radius 2 is 1.29 bits per heavy atom. The highest BCUT2D eigenvalue weighted by Crippen LogP contribution is 2.51. The van der Waals surface area contributed by atoms with Crippen LogP contribution in [0.4, 0.5) is 11.4 Å². The Morgan fingerprint density at radius 3 is 1.71 bits per heavy atom. The molecule has 0 radical (unpaired) electrons. The SMILES string of the molecule is CCN1/C(=C/C2C(O)C(/C=C3\Sc4ccccc4N3CC)C2OC)Sc2ccccc21. The Labute approximate surface area is 193 Å². The predicted octanol–water partition coefficient (Wildman–Crippen LogP) is 5.56. The fraction of sp³-hybridized carbons (Fsp3) is 0.360. The standard InChI is InChI=1S/C25H28N2O2S2/c1-4-26-18-10-6-8-12-20(18)30-22(26)14-16-24(28)17(25(16)29-3)15-23-27(5-2)19-11-7-9-13-21(19)31-23/h6-17,24-25,28H,4-5H2,1-3H3/b22-14-,23-15-. The van der Waals surface area contributed by atoms with E-state index in [0.717, 1.165) is 13.1 Å². The van der Waals surface area contributed by atoms with E-state index in [1.165, 1.54) is 31.2 Å². The Bertz CT molecular complexity index is 958. The lowest BCUT2D eigenvalue weighted by Crippen LogP contribution is -2.55. The van der Waals surface area contributed by atoms with E-state index < -0.39 is 6.10 Å². The Morgan fingerprint density at radius 1 is 0.839 bits per heavy atom. The molecule has 0 bridgehead atoms. The number of thioether (sulfide) groups is 2. The minimum Gasteiger partial charge on any atom is -0.392 e. The van der Waals surface area contributed by atoms with Crippen LogP contribution < -0.4 is 9.80 Å². The van der Waals surface area contributed by atoms with Crippen molar-refractivity contribution in [1.29, 1.82) is 0 Å². The summed E-state index contributed by atoms with van der Waals surface area (Å²) in [5.41, 5.74) is 2.50. The second-order valence-electron chi connectivity index (χ2n) is 7.98. The van der Waals surface area contributed by atoms with Gasteiger partial charge in [-0.15, -0.1) is 0 Å². The zero-order valence-electron chi connectivity index (χ0n) is 18.1. The maximum Gasteiger partial charge on any atom is 0.0765 e. The number of ether oxygens (including phenoxy) is 1. The Hall–Kier alpha value is -1.86. The summed E-state index contributed by atoms with van der Waals surface area (Å²) in [4.78, 5) is 7.20.